The highest BCUT2D eigenvalue weighted by Crippen LogP contribution is 2.35. The van der Waals surface area contributed by atoms with Crippen LogP contribution in [-0.4, -0.2) is 39.9 Å². The van der Waals surface area contributed by atoms with Crippen molar-refractivity contribution >= 4 is 11.8 Å². The van der Waals surface area contributed by atoms with Gasteiger partial charge in [0.25, 0.3) is 5.91 Å². The van der Waals surface area contributed by atoms with Gasteiger partial charge in [0.05, 0.1) is 11.6 Å². The monoisotopic (exact) mass is 348 g/mol. The highest BCUT2D eigenvalue weighted by Gasteiger charge is 2.40. The summed E-state index contributed by atoms with van der Waals surface area (Å²) >= 11 is 0. The third kappa shape index (κ3) is 3.11. The lowest BCUT2D eigenvalue weighted by atomic mass is 9.99. The first-order valence-electron chi connectivity index (χ1n) is 7.85. The fourth-order valence-corrected chi connectivity index (χ4v) is 3.18. The number of aromatic nitrogens is 2. The largest absolute Gasteiger partial charge is 0.352 e. The van der Waals surface area contributed by atoms with Crippen LogP contribution in [-0.2, 0) is 11.8 Å². The molecule has 0 radical (unpaired) electrons. The van der Waals surface area contributed by atoms with Crippen LogP contribution >= 0.6 is 0 Å². The number of nitrogens with one attached hydrogen (secondary N) is 1. The third-order valence-electron chi connectivity index (χ3n) is 4.54. The van der Waals surface area contributed by atoms with E-state index in [0.717, 1.165) is 6.07 Å². The number of rotatable bonds is 4. The first-order chi connectivity index (χ1) is 11.9. The molecule has 132 valence electrons. The van der Waals surface area contributed by atoms with Crippen LogP contribution in [0.1, 0.15) is 28.6 Å². The predicted octanol–water partition coefficient (Wildman–Crippen LogP) is 1.65. The molecule has 1 aliphatic rings. The number of amides is 2. The number of likely N-dealkylation sites (tertiary alicyclic amines) is 1. The van der Waals surface area contributed by atoms with E-state index in [-0.39, 0.29) is 36.4 Å². The summed E-state index contributed by atoms with van der Waals surface area (Å²) in [5.41, 5.74) is -0.355. The standard InChI is InChI=1S/C17H18F2N4O2/c1-22-7-6-20-16(22)15-10(8-13(24)23(15)2)9-21-17(25)11-4-3-5-12(18)14(11)19/h3-7,10,15H,8-9H2,1-2H3,(H,21,25)/t10-,15+/m0/s1. The maximum atomic E-state index is 13.7. The molecule has 1 aliphatic heterocycles. The average molecular weight is 348 g/mol. The van der Waals surface area contributed by atoms with E-state index >= 15 is 0 Å². The number of carbonyl (C=O) groups excluding carboxylic acids is 2. The Kier molecular flexibility index (Phi) is 4.52. The van der Waals surface area contributed by atoms with Crippen LogP contribution in [0.2, 0.25) is 0 Å². The molecular formula is C17H18F2N4O2. The minimum absolute atomic E-state index is 0.0517. The summed E-state index contributed by atoms with van der Waals surface area (Å²) in [4.78, 5) is 30.1. The molecule has 1 saturated heterocycles. The van der Waals surface area contributed by atoms with Gasteiger partial charge in [-0.2, -0.15) is 0 Å². The Balaban J connectivity index is 1.75. The van der Waals surface area contributed by atoms with Gasteiger partial charge < -0.3 is 14.8 Å². The maximum absolute atomic E-state index is 13.7. The highest BCUT2D eigenvalue weighted by molar-refractivity contribution is 5.94. The Morgan fingerprint density at radius 3 is 2.80 bits per heavy atom. The number of hydrogen-bond acceptors (Lipinski definition) is 3. The molecule has 3 rings (SSSR count). The zero-order valence-electron chi connectivity index (χ0n) is 13.9. The normalized spacial score (nSPS) is 20.2. The summed E-state index contributed by atoms with van der Waals surface area (Å²) in [6.07, 6.45) is 3.67. The van der Waals surface area contributed by atoms with Crippen LogP contribution in [0.4, 0.5) is 8.78 Å². The summed E-state index contributed by atoms with van der Waals surface area (Å²) in [5, 5.41) is 2.60. The first kappa shape index (κ1) is 17.1. The topological polar surface area (TPSA) is 67.2 Å². The minimum Gasteiger partial charge on any atom is -0.352 e. The van der Waals surface area contributed by atoms with Crippen LogP contribution < -0.4 is 5.32 Å². The SMILES string of the molecule is CN1C(=O)C[C@@H](CNC(=O)c2cccc(F)c2F)[C@@H]1c1nccn1C. The minimum atomic E-state index is -1.18. The molecular weight excluding hydrogens is 330 g/mol. The molecule has 2 aromatic rings. The molecule has 2 atom stereocenters. The Morgan fingerprint density at radius 1 is 1.36 bits per heavy atom. The maximum Gasteiger partial charge on any atom is 0.254 e. The summed E-state index contributed by atoms with van der Waals surface area (Å²) < 4.78 is 28.8. The third-order valence-corrected chi connectivity index (χ3v) is 4.54. The summed E-state index contributed by atoms with van der Waals surface area (Å²) in [5.74, 6) is -2.51. The number of nitrogens with zero attached hydrogens (tertiary/aromatic N) is 3. The Hall–Kier alpha value is -2.77. The highest BCUT2D eigenvalue weighted by atomic mass is 19.2. The van der Waals surface area contributed by atoms with Gasteiger partial charge in [0.2, 0.25) is 5.91 Å². The van der Waals surface area contributed by atoms with Crippen molar-refractivity contribution in [2.45, 2.75) is 12.5 Å². The molecule has 2 heterocycles. The van der Waals surface area contributed by atoms with Crippen molar-refractivity contribution in [3.63, 3.8) is 0 Å². The molecule has 8 heteroatoms. The lowest BCUT2D eigenvalue weighted by Crippen LogP contribution is -2.34. The molecule has 6 nitrogen and oxygen atoms in total. The molecule has 1 fully saturated rings. The molecule has 2 amide bonds. The van der Waals surface area contributed by atoms with Crippen LogP contribution in [0, 0.1) is 17.6 Å². The summed E-state index contributed by atoms with van der Waals surface area (Å²) in [7, 11) is 3.52. The zero-order valence-corrected chi connectivity index (χ0v) is 13.9. The molecule has 0 unspecified atom stereocenters. The van der Waals surface area contributed by atoms with E-state index in [1.54, 1.807) is 24.3 Å². The second-order valence-corrected chi connectivity index (χ2v) is 6.12. The van der Waals surface area contributed by atoms with Gasteiger partial charge in [-0.1, -0.05) is 6.07 Å². The second-order valence-electron chi connectivity index (χ2n) is 6.12. The number of aryl methyl sites for hydroxylation is 1. The van der Waals surface area contributed by atoms with Gasteiger partial charge >= 0.3 is 0 Å². The fourth-order valence-electron chi connectivity index (χ4n) is 3.18. The smallest absolute Gasteiger partial charge is 0.254 e. The van der Waals surface area contributed by atoms with Crippen molar-refractivity contribution in [1.29, 1.82) is 0 Å². The van der Waals surface area contributed by atoms with Crippen molar-refractivity contribution in [2.75, 3.05) is 13.6 Å². The van der Waals surface area contributed by atoms with Crippen molar-refractivity contribution in [1.82, 2.24) is 19.8 Å². The number of benzene rings is 1. The van der Waals surface area contributed by atoms with E-state index < -0.39 is 17.5 Å². The lowest BCUT2D eigenvalue weighted by molar-refractivity contribution is -0.127. The lowest BCUT2D eigenvalue weighted by Gasteiger charge is -2.24. The van der Waals surface area contributed by atoms with Gasteiger partial charge in [-0.25, -0.2) is 13.8 Å². The van der Waals surface area contributed by atoms with E-state index in [0.29, 0.717) is 5.82 Å². The van der Waals surface area contributed by atoms with E-state index in [4.69, 9.17) is 0 Å². The number of hydrogen-bond donors (Lipinski definition) is 1. The molecule has 25 heavy (non-hydrogen) atoms. The van der Waals surface area contributed by atoms with Gasteiger partial charge in [-0.15, -0.1) is 0 Å². The quantitative estimate of drug-likeness (QED) is 0.914. The first-order valence-corrected chi connectivity index (χ1v) is 7.85. The van der Waals surface area contributed by atoms with E-state index in [1.807, 2.05) is 11.6 Å². The van der Waals surface area contributed by atoms with Crippen molar-refractivity contribution in [2.24, 2.45) is 13.0 Å². The Bertz CT molecular complexity index is 821. The molecule has 1 N–H and O–H groups in total. The van der Waals surface area contributed by atoms with Crippen molar-refractivity contribution in [3.8, 4) is 0 Å². The zero-order chi connectivity index (χ0) is 18.1. The van der Waals surface area contributed by atoms with Gasteiger partial charge in [-0.05, 0) is 12.1 Å². The van der Waals surface area contributed by atoms with E-state index in [2.05, 4.69) is 10.3 Å². The molecule has 0 aliphatic carbocycles. The van der Waals surface area contributed by atoms with Gasteiger partial charge in [0.15, 0.2) is 11.6 Å². The van der Waals surface area contributed by atoms with Gasteiger partial charge in [0, 0.05) is 45.4 Å². The number of carbonyl (C=O) groups is 2. The van der Waals surface area contributed by atoms with Gasteiger partial charge in [0.1, 0.15) is 5.82 Å². The number of halogens is 2. The second kappa shape index (κ2) is 6.62. The van der Waals surface area contributed by atoms with E-state index in [1.165, 1.54) is 12.1 Å². The molecule has 0 saturated carbocycles. The molecule has 0 bridgehead atoms. The average Bonchev–Trinajstić information content (AvgIpc) is 3.11. The van der Waals surface area contributed by atoms with Crippen LogP contribution in [0.3, 0.4) is 0 Å². The van der Waals surface area contributed by atoms with Crippen LogP contribution in [0.25, 0.3) is 0 Å². The van der Waals surface area contributed by atoms with Crippen LogP contribution in [0.15, 0.2) is 30.6 Å². The fraction of sp³-hybridized carbons (Fsp3) is 0.353. The molecule has 1 aromatic carbocycles. The van der Waals surface area contributed by atoms with Crippen molar-refractivity contribution in [3.05, 3.63) is 53.6 Å². The summed E-state index contributed by atoms with van der Waals surface area (Å²) in [6, 6.07) is 3.16. The van der Waals surface area contributed by atoms with E-state index in [9.17, 15) is 18.4 Å². The summed E-state index contributed by atoms with van der Waals surface area (Å²) in [6.45, 7) is 0.155. The number of imidazole rings is 1. The Labute approximate surface area is 143 Å². The molecule has 1 aromatic heterocycles. The van der Waals surface area contributed by atoms with Crippen molar-refractivity contribution < 1.29 is 18.4 Å². The Morgan fingerprint density at radius 2 is 2.12 bits per heavy atom. The molecule has 0 spiro atoms. The predicted molar refractivity (Wildman–Crippen MR) is 85.5 cm³/mol. The van der Waals surface area contributed by atoms with Gasteiger partial charge in [-0.3, -0.25) is 9.59 Å². The van der Waals surface area contributed by atoms with Crippen LogP contribution in [0.5, 0.6) is 0 Å².